The predicted molar refractivity (Wildman–Crippen MR) is 78.0 cm³/mol. The van der Waals surface area contributed by atoms with Gasteiger partial charge in [0.1, 0.15) is 5.82 Å². The molecule has 2 heterocycles. The van der Waals surface area contributed by atoms with Crippen LogP contribution in [-0.2, 0) is 4.74 Å². The second-order valence-electron chi connectivity index (χ2n) is 5.72. The maximum atomic E-state index is 12.9. The van der Waals surface area contributed by atoms with Gasteiger partial charge < -0.3 is 10.1 Å². The summed E-state index contributed by atoms with van der Waals surface area (Å²) in [5.41, 5.74) is 0.905. The summed E-state index contributed by atoms with van der Waals surface area (Å²) < 4.78 is 18.9. The van der Waals surface area contributed by atoms with Gasteiger partial charge in [-0.25, -0.2) is 4.39 Å². The van der Waals surface area contributed by atoms with Crippen molar-refractivity contribution >= 4 is 0 Å². The summed E-state index contributed by atoms with van der Waals surface area (Å²) in [6.45, 7) is 7.27. The summed E-state index contributed by atoms with van der Waals surface area (Å²) in [5.74, 6) is -0.289. The molecule has 0 aromatic carbocycles. The van der Waals surface area contributed by atoms with Crippen LogP contribution in [0, 0.1) is 5.82 Å². The molecule has 20 heavy (non-hydrogen) atoms. The summed E-state index contributed by atoms with van der Waals surface area (Å²) in [6.07, 6.45) is 5.43. The zero-order chi connectivity index (χ0) is 14.6. The van der Waals surface area contributed by atoms with Gasteiger partial charge >= 0.3 is 0 Å². The third-order valence-electron chi connectivity index (χ3n) is 4.46. The summed E-state index contributed by atoms with van der Waals surface area (Å²) in [6, 6.07) is 3.78. The first kappa shape index (κ1) is 15.4. The minimum atomic E-state index is -0.289. The molecule has 0 saturated carbocycles. The Balaban J connectivity index is 1.97. The number of halogens is 1. The van der Waals surface area contributed by atoms with Crippen molar-refractivity contribution in [3.63, 3.8) is 0 Å². The molecule has 0 spiro atoms. The average molecular weight is 280 g/mol. The van der Waals surface area contributed by atoms with E-state index in [1.807, 2.05) is 0 Å². The first-order chi connectivity index (χ1) is 9.58. The van der Waals surface area contributed by atoms with Crippen LogP contribution in [0.3, 0.4) is 0 Å². The molecule has 2 atom stereocenters. The molecule has 2 rings (SSSR count). The van der Waals surface area contributed by atoms with Crippen LogP contribution in [0.1, 0.15) is 58.2 Å². The van der Waals surface area contributed by atoms with Crippen molar-refractivity contribution in [1.82, 2.24) is 10.3 Å². The van der Waals surface area contributed by atoms with E-state index in [2.05, 4.69) is 31.1 Å². The van der Waals surface area contributed by atoms with Gasteiger partial charge in [-0.15, -0.1) is 0 Å². The summed E-state index contributed by atoms with van der Waals surface area (Å²) >= 11 is 0. The van der Waals surface area contributed by atoms with Crippen LogP contribution in [0.25, 0.3) is 0 Å². The number of hydrogen-bond acceptors (Lipinski definition) is 3. The molecule has 2 unspecified atom stereocenters. The monoisotopic (exact) mass is 280 g/mol. The van der Waals surface area contributed by atoms with Gasteiger partial charge in [-0.2, -0.15) is 0 Å². The highest BCUT2D eigenvalue weighted by molar-refractivity contribution is 5.09. The van der Waals surface area contributed by atoms with Crippen LogP contribution >= 0.6 is 0 Å². The van der Waals surface area contributed by atoms with E-state index in [0.717, 1.165) is 38.0 Å². The molecule has 4 heteroatoms. The Hall–Kier alpha value is -1.00. The SMILES string of the molecule is CCC1(CC)CC(NC(C)c2ccc(F)cn2)CCO1. The van der Waals surface area contributed by atoms with Crippen molar-refractivity contribution in [2.24, 2.45) is 0 Å². The molecule has 1 aliphatic heterocycles. The maximum Gasteiger partial charge on any atom is 0.141 e. The van der Waals surface area contributed by atoms with Crippen LogP contribution in [0.2, 0.25) is 0 Å². The first-order valence-corrected chi connectivity index (χ1v) is 7.60. The lowest BCUT2D eigenvalue weighted by Gasteiger charge is -2.41. The highest BCUT2D eigenvalue weighted by atomic mass is 19.1. The summed E-state index contributed by atoms with van der Waals surface area (Å²) in [4.78, 5) is 4.15. The van der Waals surface area contributed by atoms with E-state index in [1.54, 1.807) is 6.07 Å². The average Bonchev–Trinajstić information content (AvgIpc) is 2.48. The quantitative estimate of drug-likeness (QED) is 0.894. The van der Waals surface area contributed by atoms with E-state index in [9.17, 15) is 4.39 Å². The molecular formula is C16H25FN2O. The Morgan fingerprint density at radius 1 is 1.45 bits per heavy atom. The Bertz CT molecular complexity index is 417. The minimum Gasteiger partial charge on any atom is -0.375 e. The molecule has 1 N–H and O–H groups in total. The molecule has 112 valence electrons. The second-order valence-corrected chi connectivity index (χ2v) is 5.72. The normalized spacial score (nSPS) is 23.5. The number of aromatic nitrogens is 1. The number of hydrogen-bond donors (Lipinski definition) is 1. The largest absolute Gasteiger partial charge is 0.375 e. The molecule has 0 amide bonds. The molecule has 3 nitrogen and oxygen atoms in total. The molecular weight excluding hydrogens is 255 g/mol. The van der Waals surface area contributed by atoms with Gasteiger partial charge in [0.05, 0.1) is 17.5 Å². The third kappa shape index (κ3) is 3.55. The van der Waals surface area contributed by atoms with Crippen molar-refractivity contribution < 1.29 is 9.13 Å². The smallest absolute Gasteiger partial charge is 0.141 e. The fourth-order valence-corrected chi connectivity index (χ4v) is 3.00. The van der Waals surface area contributed by atoms with Crippen molar-refractivity contribution in [3.05, 3.63) is 29.8 Å². The molecule has 1 aliphatic rings. The highest BCUT2D eigenvalue weighted by Gasteiger charge is 2.34. The van der Waals surface area contributed by atoms with Crippen LogP contribution in [0.15, 0.2) is 18.3 Å². The van der Waals surface area contributed by atoms with Crippen molar-refractivity contribution in [1.29, 1.82) is 0 Å². The van der Waals surface area contributed by atoms with E-state index in [4.69, 9.17) is 4.74 Å². The Morgan fingerprint density at radius 3 is 2.80 bits per heavy atom. The second kappa shape index (κ2) is 6.64. The molecule has 0 radical (unpaired) electrons. The third-order valence-corrected chi connectivity index (χ3v) is 4.46. The van der Waals surface area contributed by atoms with Gasteiger partial charge in [0, 0.05) is 18.7 Å². The Kier molecular flexibility index (Phi) is 5.11. The molecule has 1 aromatic heterocycles. The van der Waals surface area contributed by atoms with Crippen LogP contribution in [0.5, 0.6) is 0 Å². The zero-order valence-electron chi connectivity index (χ0n) is 12.7. The van der Waals surface area contributed by atoms with E-state index >= 15 is 0 Å². The Morgan fingerprint density at radius 2 is 2.20 bits per heavy atom. The fraction of sp³-hybridized carbons (Fsp3) is 0.688. The van der Waals surface area contributed by atoms with Gasteiger partial charge in [0.2, 0.25) is 0 Å². The Labute approximate surface area is 120 Å². The molecule has 1 fully saturated rings. The molecule has 0 aliphatic carbocycles. The van der Waals surface area contributed by atoms with Crippen molar-refractivity contribution in [3.8, 4) is 0 Å². The van der Waals surface area contributed by atoms with Crippen LogP contribution in [-0.4, -0.2) is 23.2 Å². The first-order valence-electron chi connectivity index (χ1n) is 7.60. The van der Waals surface area contributed by atoms with E-state index in [1.165, 1.54) is 12.3 Å². The standard InChI is InChI=1S/C16H25FN2O/c1-4-16(5-2)10-14(8-9-20-16)19-12(3)15-7-6-13(17)11-18-15/h6-7,11-12,14,19H,4-5,8-10H2,1-3H3. The number of nitrogens with one attached hydrogen (secondary N) is 1. The number of ether oxygens (including phenoxy) is 1. The maximum absolute atomic E-state index is 12.9. The lowest BCUT2D eigenvalue weighted by atomic mass is 9.85. The van der Waals surface area contributed by atoms with Gasteiger partial charge in [-0.1, -0.05) is 13.8 Å². The number of nitrogens with zero attached hydrogens (tertiary/aromatic N) is 1. The highest BCUT2D eigenvalue weighted by Crippen LogP contribution is 2.32. The number of rotatable bonds is 5. The predicted octanol–water partition coefficient (Wildman–Crippen LogP) is 3.61. The van der Waals surface area contributed by atoms with Gasteiger partial charge in [-0.3, -0.25) is 4.98 Å². The van der Waals surface area contributed by atoms with Crippen LogP contribution in [0.4, 0.5) is 4.39 Å². The fourth-order valence-electron chi connectivity index (χ4n) is 3.00. The van der Waals surface area contributed by atoms with Gasteiger partial charge in [-0.05, 0) is 44.7 Å². The molecule has 0 bridgehead atoms. The summed E-state index contributed by atoms with van der Waals surface area (Å²) in [7, 11) is 0. The topological polar surface area (TPSA) is 34.2 Å². The van der Waals surface area contributed by atoms with Crippen molar-refractivity contribution in [2.75, 3.05) is 6.61 Å². The van der Waals surface area contributed by atoms with Gasteiger partial charge in [0.25, 0.3) is 0 Å². The lowest BCUT2D eigenvalue weighted by Crippen LogP contribution is -2.47. The molecule has 1 saturated heterocycles. The molecule has 1 aromatic rings. The van der Waals surface area contributed by atoms with Gasteiger partial charge in [0.15, 0.2) is 0 Å². The summed E-state index contributed by atoms with van der Waals surface area (Å²) in [5, 5.41) is 3.61. The van der Waals surface area contributed by atoms with E-state index in [-0.39, 0.29) is 17.5 Å². The number of pyridine rings is 1. The van der Waals surface area contributed by atoms with E-state index in [0.29, 0.717) is 6.04 Å². The zero-order valence-corrected chi connectivity index (χ0v) is 12.7. The minimum absolute atomic E-state index is 0.0197. The van der Waals surface area contributed by atoms with E-state index < -0.39 is 0 Å². The van der Waals surface area contributed by atoms with Crippen molar-refractivity contribution in [2.45, 2.75) is 64.1 Å². The van der Waals surface area contributed by atoms with Crippen LogP contribution < -0.4 is 5.32 Å². The lowest BCUT2D eigenvalue weighted by molar-refractivity contribution is -0.0940.